The summed E-state index contributed by atoms with van der Waals surface area (Å²) in [7, 11) is 0. The van der Waals surface area contributed by atoms with Crippen molar-refractivity contribution in [3.05, 3.63) is 0 Å². The molecule has 1 unspecified atom stereocenters. The van der Waals surface area contributed by atoms with E-state index >= 15 is 0 Å². The lowest BCUT2D eigenvalue weighted by molar-refractivity contribution is -0.141. The fraction of sp³-hybridized carbons (Fsp3) is 0.900. The normalized spacial score (nSPS) is 13.1. The van der Waals surface area contributed by atoms with Crippen molar-refractivity contribution in [2.24, 2.45) is 11.8 Å². The Bertz CT molecular complexity index is 130. The highest BCUT2D eigenvalue weighted by molar-refractivity contribution is 5.65. The van der Waals surface area contributed by atoms with E-state index in [1.165, 1.54) is 6.92 Å². The summed E-state index contributed by atoms with van der Waals surface area (Å²) >= 11 is 0. The van der Waals surface area contributed by atoms with Gasteiger partial charge in [0.2, 0.25) is 0 Å². The highest BCUT2D eigenvalue weighted by Gasteiger charge is 2.06. The topological polar surface area (TPSA) is 26.3 Å². The number of carbonyl (C=O) groups excluding carboxylic acids is 1. The Kier molecular flexibility index (Phi) is 5.77. The van der Waals surface area contributed by atoms with E-state index in [2.05, 4.69) is 20.8 Å². The monoisotopic (exact) mass is 172 g/mol. The van der Waals surface area contributed by atoms with Crippen LogP contribution in [0.4, 0.5) is 0 Å². The van der Waals surface area contributed by atoms with Crippen LogP contribution in [0.3, 0.4) is 0 Å². The summed E-state index contributed by atoms with van der Waals surface area (Å²) in [6, 6.07) is 0. The average molecular weight is 172 g/mol. The molecule has 0 rings (SSSR count). The summed E-state index contributed by atoms with van der Waals surface area (Å²) in [4.78, 5) is 10.4. The molecule has 0 aromatic rings. The van der Waals surface area contributed by atoms with E-state index in [1.54, 1.807) is 0 Å². The lowest BCUT2D eigenvalue weighted by Gasteiger charge is -2.14. The zero-order valence-corrected chi connectivity index (χ0v) is 8.59. The maximum atomic E-state index is 10.4. The first kappa shape index (κ1) is 11.5. The van der Waals surface area contributed by atoms with Gasteiger partial charge in [0.15, 0.2) is 0 Å². The van der Waals surface area contributed by atoms with E-state index < -0.39 is 0 Å². The summed E-state index contributed by atoms with van der Waals surface area (Å²) in [5.74, 6) is 1.27. The molecular weight excluding hydrogens is 152 g/mol. The van der Waals surface area contributed by atoms with Gasteiger partial charge in [-0.3, -0.25) is 4.79 Å². The Morgan fingerprint density at radius 3 is 2.33 bits per heavy atom. The molecule has 72 valence electrons. The van der Waals surface area contributed by atoms with E-state index in [-0.39, 0.29) is 5.97 Å². The first-order chi connectivity index (χ1) is 5.54. The number of esters is 1. The molecule has 1 atom stereocenters. The van der Waals surface area contributed by atoms with Gasteiger partial charge in [0, 0.05) is 6.92 Å². The zero-order valence-electron chi connectivity index (χ0n) is 8.59. The van der Waals surface area contributed by atoms with Crippen LogP contribution in [0, 0.1) is 11.8 Å². The van der Waals surface area contributed by atoms with Crippen LogP contribution in [-0.2, 0) is 9.53 Å². The summed E-state index contributed by atoms with van der Waals surface area (Å²) < 4.78 is 4.83. The number of ether oxygens (including phenoxy) is 1. The van der Waals surface area contributed by atoms with Crippen LogP contribution >= 0.6 is 0 Å². The smallest absolute Gasteiger partial charge is 0.302 e. The molecule has 0 aromatic carbocycles. The van der Waals surface area contributed by atoms with E-state index in [9.17, 15) is 4.79 Å². The molecular formula is C10H20O2. The van der Waals surface area contributed by atoms with Crippen molar-refractivity contribution in [2.75, 3.05) is 6.61 Å². The van der Waals surface area contributed by atoms with Gasteiger partial charge >= 0.3 is 5.97 Å². The minimum absolute atomic E-state index is 0.174. The molecule has 0 saturated heterocycles. The molecule has 0 heterocycles. The molecule has 0 spiro atoms. The molecule has 0 aliphatic heterocycles. The summed E-state index contributed by atoms with van der Waals surface area (Å²) in [5.41, 5.74) is 0. The van der Waals surface area contributed by atoms with Crippen LogP contribution in [-0.4, -0.2) is 12.6 Å². The highest BCUT2D eigenvalue weighted by atomic mass is 16.5. The molecule has 0 aromatic heterocycles. The lowest BCUT2D eigenvalue weighted by atomic mass is 9.93. The molecule has 0 aliphatic rings. The predicted octanol–water partition coefficient (Wildman–Crippen LogP) is 2.62. The van der Waals surface area contributed by atoms with Crippen LogP contribution in [0.15, 0.2) is 0 Å². The minimum Gasteiger partial charge on any atom is -0.466 e. The highest BCUT2D eigenvalue weighted by Crippen LogP contribution is 2.15. The van der Waals surface area contributed by atoms with Crippen molar-refractivity contribution in [1.82, 2.24) is 0 Å². The minimum atomic E-state index is -0.174. The number of rotatable bonds is 5. The molecule has 0 radical (unpaired) electrons. The third-order valence-electron chi connectivity index (χ3n) is 2.25. The number of carbonyl (C=O) groups is 1. The number of hydrogen-bond acceptors (Lipinski definition) is 2. The van der Waals surface area contributed by atoms with Crippen LogP contribution in [0.2, 0.25) is 0 Å². The van der Waals surface area contributed by atoms with Crippen LogP contribution in [0.5, 0.6) is 0 Å². The summed E-state index contributed by atoms with van der Waals surface area (Å²) in [6.07, 6.45) is 2.13. The second-order valence-electron chi connectivity index (χ2n) is 3.70. The lowest BCUT2D eigenvalue weighted by Crippen LogP contribution is -2.07. The van der Waals surface area contributed by atoms with Crippen molar-refractivity contribution in [1.29, 1.82) is 0 Å². The van der Waals surface area contributed by atoms with Gasteiger partial charge in [0.05, 0.1) is 6.61 Å². The standard InChI is InChI=1S/C10H20O2/c1-8(2)9(3)6-5-7-12-10(4)11/h8-9H,5-7H2,1-4H3. The molecule has 0 fully saturated rings. The fourth-order valence-corrected chi connectivity index (χ4v) is 0.955. The second-order valence-corrected chi connectivity index (χ2v) is 3.70. The summed E-state index contributed by atoms with van der Waals surface area (Å²) in [5, 5.41) is 0. The van der Waals surface area contributed by atoms with Crippen molar-refractivity contribution >= 4 is 5.97 Å². The van der Waals surface area contributed by atoms with Crippen molar-refractivity contribution in [3.8, 4) is 0 Å². The quantitative estimate of drug-likeness (QED) is 0.470. The van der Waals surface area contributed by atoms with E-state index in [0.29, 0.717) is 6.61 Å². The molecule has 12 heavy (non-hydrogen) atoms. The van der Waals surface area contributed by atoms with Gasteiger partial charge in [-0.1, -0.05) is 20.8 Å². The van der Waals surface area contributed by atoms with E-state index in [1.807, 2.05) is 0 Å². The molecule has 2 nitrogen and oxygen atoms in total. The van der Waals surface area contributed by atoms with Crippen molar-refractivity contribution < 1.29 is 9.53 Å². The predicted molar refractivity (Wildman–Crippen MR) is 49.9 cm³/mol. The van der Waals surface area contributed by atoms with Gasteiger partial charge < -0.3 is 4.74 Å². The number of hydrogen-bond donors (Lipinski definition) is 0. The molecule has 0 aliphatic carbocycles. The first-order valence-corrected chi connectivity index (χ1v) is 4.67. The Morgan fingerprint density at radius 1 is 1.33 bits per heavy atom. The summed E-state index contributed by atoms with van der Waals surface area (Å²) in [6.45, 7) is 8.70. The van der Waals surface area contributed by atoms with Crippen molar-refractivity contribution in [2.45, 2.75) is 40.5 Å². The van der Waals surface area contributed by atoms with Crippen LogP contribution in [0.1, 0.15) is 40.5 Å². The Balaban J connectivity index is 3.25. The molecule has 0 amide bonds. The van der Waals surface area contributed by atoms with E-state index in [4.69, 9.17) is 4.74 Å². The SMILES string of the molecule is CC(=O)OCCCC(C)C(C)C. The van der Waals surface area contributed by atoms with E-state index in [0.717, 1.165) is 24.7 Å². The van der Waals surface area contributed by atoms with Crippen LogP contribution in [0.25, 0.3) is 0 Å². The van der Waals surface area contributed by atoms with Crippen LogP contribution < -0.4 is 0 Å². The maximum Gasteiger partial charge on any atom is 0.302 e. The van der Waals surface area contributed by atoms with Gasteiger partial charge in [0.1, 0.15) is 0 Å². The Morgan fingerprint density at radius 2 is 1.92 bits per heavy atom. The van der Waals surface area contributed by atoms with Gasteiger partial charge in [0.25, 0.3) is 0 Å². The van der Waals surface area contributed by atoms with Gasteiger partial charge in [-0.05, 0) is 24.7 Å². The average Bonchev–Trinajstić information content (AvgIpc) is 1.97. The molecule has 0 bridgehead atoms. The first-order valence-electron chi connectivity index (χ1n) is 4.67. The Labute approximate surface area is 75.3 Å². The molecule has 0 saturated carbocycles. The van der Waals surface area contributed by atoms with Gasteiger partial charge in [-0.2, -0.15) is 0 Å². The van der Waals surface area contributed by atoms with Crippen molar-refractivity contribution in [3.63, 3.8) is 0 Å². The fourth-order valence-electron chi connectivity index (χ4n) is 0.955. The maximum absolute atomic E-state index is 10.4. The Hall–Kier alpha value is -0.530. The zero-order chi connectivity index (χ0) is 9.56. The molecule has 0 N–H and O–H groups in total. The second kappa shape index (κ2) is 6.04. The third-order valence-corrected chi connectivity index (χ3v) is 2.25. The van der Waals surface area contributed by atoms with Gasteiger partial charge in [-0.15, -0.1) is 0 Å². The van der Waals surface area contributed by atoms with Gasteiger partial charge in [-0.25, -0.2) is 0 Å². The third kappa shape index (κ3) is 6.20. The molecule has 2 heteroatoms. The largest absolute Gasteiger partial charge is 0.466 e.